The summed E-state index contributed by atoms with van der Waals surface area (Å²) < 4.78 is 1.12. The minimum atomic E-state index is 0.246. The fourth-order valence-corrected chi connectivity index (χ4v) is 3.00. The average Bonchev–Trinajstić information content (AvgIpc) is 2.34. The van der Waals surface area contributed by atoms with Crippen molar-refractivity contribution in [3.05, 3.63) is 62.6 Å². The van der Waals surface area contributed by atoms with Crippen molar-refractivity contribution in [2.75, 3.05) is 5.32 Å². The van der Waals surface area contributed by atoms with Crippen LogP contribution < -0.4 is 5.32 Å². The molecule has 2 aromatic carbocycles. The highest BCUT2D eigenvalue weighted by Crippen LogP contribution is 2.29. The molecule has 1 atom stereocenters. The highest BCUT2D eigenvalue weighted by atomic mass is 79.9. The normalized spacial score (nSPS) is 12.3. The standard InChI is InChI=1S/C16H17BrClN/c1-10-8-14(17)9-11(2)16(10)19-12(3)13-4-6-15(18)7-5-13/h4-9,12,19H,1-3H3. The van der Waals surface area contributed by atoms with E-state index in [1.54, 1.807) is 0 Å². The van der Waals surface area contributed by atoms with Crippen molar-refractivity contribution in [2.45, 2.75) is 26.8 Å². The summed E-state index contributed by atoms with van der Waals surface area (Å²) in [7, 11) is 0. The van der Waals surface area contributed by atoms with Crippen LogP contribution in [0.1, 0.15) is 29.7 Å². The number of aryl methyl sites for hydroxylation is 2. The second-order valence-corrected chi connectivity index (χ2v) is 6.18. The van der Waals surface area contributed by atoms with E-state index >= 15 is 0 Å². The van der Waals surface area contributed by atoms with Crippen LogP contribution in [0.4, 0.5) is 5.69 Å². The third-order valence-corrected chi connectivity index (χ3v) is 3.94. The molecule has 1 N–H and O–H groups in total. The molecule has 0 aliphatic heterocycles. The van der Waals surface area contributed by atoms with E-state index in [2.05, 4.69) is 66.3 Å². The summed E-state index contributed by atoms with van der Waals surface area (Å²) in [5.41, 5.74) is 4.91. The number of hydrogen-bond acceptors (Lipinski definition) is 1. The molecule has 19 heavy (non-hydrogen) atoms. The minimum Gasteiger partial charge on any atom is -0.378 e. The number of anilines is 1. The van der Waals surface area contributed by atoms with E-state index in [4.69, 9.17) is 11.6 Å². The summed E-state index contributed by atoms with van der Waals surface area (Å²) in [5, 5.41) is 4.35. The Balaban J connectivity index is 2.24. The molecule has 0 saturated heterocycles. The molecule has 0 spiro atoms. The first-order valence-corrected chi connectivity index (χ1v) is 7.43. The molecular weight excluding hydrogens is 322 g/mol. The van der Waals surface area contributed by atoms with Crippen molar-refractivity contribution in [1.29, 1.82) is 0 Å². The van der Waals surface area contributed by atoms with Crippen LogP contribution in [-0.4, -0.2) is 0 Å². The molecule has 0 amide bonds. The van der Waals surface area contributed by atoms with Gasteiger partial charge in [0.1, 0.15) is 0 Å². The molecule has 0 bridgehead atoms. The van der Waals surface area contributed by atoms with Crippen molar-refractivity contribution in [3.63, 3.8) is 0 Å². The van der Waals surface area contributed by atoms with Gasteiger partial charge in [-0.2, -0.15) is 0 Å². The van der Waals surface area contributed by atoms with Gasteiger partial charge in [-0.15, -0.1) is 0 Å². The highest BCUT2D eigenvalue weighted by Gasteiger charge is 2.09. The molecule has 0 heterocycles. The monoisotopic (exact) mass is 337 g/mol. The van der Waals surface area contributed by atoms with Crippen LogP contribution in [-0.2, 0) is 0 Å². The Morgan fingerprint density at radius 2 is 1.58 bits per heavy atom. The molecule has 0 aliphatic carbocycles. The lowest BCUT2D eigenvalue weighted by Crippen LogP contribution is -2.08. The lowest BCUT2D eigenvalue weighted by atomic mass is 10.1. The van der Waals surface area contributed by atoms with Gasteiger partial charge in [-0.1, -0.05) is 39.7 Å². The fourth-order valence-electron chi connectivity index (χ4n) is 2.19. The van der Waals surface area contributed by atoms with Gasteiger partial charge in [0, 0.05) is 21.2 Å². The lowest BCUT2D eigenvalue weighted by molar-refractivity contribution is 0.880. The van der Waals surface area contributed by atoms with E-state index in [1.165, 1.54) is 22.4 Å². The van der Waals surface area contributed by atoms with Crippen LogP contribution in [0.3, 0.4) is 0 Å². The first kappa shape index (κ1) is 14.4. The van der Waals surface area contributed by atoms with E-state index in [0.717, 1.165) is 9.50 Å². The summed E-state index contributed by atoms with van der Waals surface area (Å²) in [6, 6.07) is 12.5. The minimum absolute atomic E-state index is 0.246. The van der Waals surface area contributed by atoms with Gasteiger partial charge in [0.2, 0.25) is 0 Å². The van der Waals surface area contributed by atoms with E-state index < -0.39 is 0 Å². The van der Waals surface area contributed by atoms with E-state index in [-0.39, 0.29) is 6.04 Å². The van der Waals surface area contributed by atoms with Crippen LogP contribution in [0, 0.1) is 13.8 Å². The van der Waals surface area contributed by atoms with Gasteiger partial charge in [-0.25, -0.2) is 0 Å². The van der Waals surface area contributed by atoms with Crippen LogP contribution in [0.25, 0.3) is 0 Å². The van der Waals surface area contributed by atoms with Gasteiger partial charge in [0.05, 0.1) is 0 Å². The third-order valence-electron chi connectivity index (χ3n) is 3.23. The molecule has 2 aromatic rings. The molecule has 0 radical (unpaired) electrons. The van der Waals surface area contributed by atoms with Gasteiger partial charge < -0.3 is 5.32 Å². The zero-order valence-electron chi connectivity index (χ0n) is 11.3. The van der Waals surface area contributed by atoms with Crippen molar-refractivity contribution >= 4 is 33.2 Å². The quantitative estimate of drug-likeness (QED) is 0.735. The van der Waals surface area contributed by atoms with Crippen LogP contribution in [0.2, 0.25) is 5.02 Å². The average molecular weight is 339 g/mol. The van der Waals surface area contributed by atoms with Gasteiger partial charge in [-0.3, -0.25) is 0 Å². The first-order valence-electron chi connectivity index (χ1n) is 6.26. The third kappa shape index (κ3) is 3.52. The maximum Gasteiger partial charge on any atom is 0.0485 e. The van der Waals surface area contributed by atoms with E-state index in [0.29, 0.717) is 0 Å². The van der Waals surface area contributed by atoms with Crippen LogP contribution in [0.5, 0.6) is 0 Å². The van der Waals surface area contributed by atoms with Crippen molar-refractivity contribution in [2.24, 2.45) is 0 Å². The number of nitrogens with one attached hydrogen (secondary N) is 1. The topological polar surface area (TPSA) is 12.0 Å². The maximum absolute atomic E-state index is 5.92. The zero-order valence-corrected chi connectivity index (χ0v) is 13.6. The molecule has 0 fully saturated rings. The Kier molecular flexibility index (Phi) is 4.54. The van der Waals surface area contributed by atoms with Crippen LogP contribution in [0.15, 0.2) is 40.9 Å². The SMILES string of the molecule is Cc1cc(Br)cc(C)c1NC(C)c1ccc(Cl)cc1. The summed E-state index contributed by atoms with van der Waals surface area (Å²) in [6.07, 6.45) is 0. The molecule has 1 unspecified atom stereocenters. The molecule has 0 aromatic heterocycles. The number of benzene rings is 2. The Hall–Kier alpha value is -0.990. The van der Waals surface area contributed by atoms with Crippen molar-refractivity contribution in [3.8, 4) is 0 Å². The predicted molar refractivity (Wildman–Crippen MR) is 87.1 cm³/mol. The van der Waals surface area contributed by atoms with Crippen molar-refractivity contribution in [1.82, 2.24) is 0 Å². The van der Waals surface area contributed by atoms with E-state index in [9.17, 15) is 0 Å². The Bertz CT molecular complexity index is 555. The van der Waals surface area contributed by atoms with Gasteiger partial charge in [0.15, 0.2) is 0 Å². The van der Waals surface area contributed by atoms with Crippen molar-refractivity contribution < 1.29 is 0 Å². The molecule has 100 valence electrons. The van der Waals surface area contributed by atoms with Gasteiger partial charge in [0.25, 0.3) is 0 Å². The zero-order chi connectivity index (χ0) is 14.0. The lowest BCUT2D eigenvalue weighted by Gasteiger charge is -2.20. The summed E-state index contributed by atoms with van der Waals surface area (Å²) in [5.74, 6) is 0. The van der Waals surface area contributed by atoms with Crippen LogP contribution >= 0.6 is 27.5 Å². The maximum atomic E-state index is 5.92. The highest BCUT2D eigenvalue weighted by molar-refractivity contribution is 9.10. The number of hydrogen-bond donors (Lipinski definition) is 1. The second-order valence-electron chi connectivity index (χ2n) is 4.83. The smallest absolute Gasteiger partial charge is 0.0485 e. The molecular formula is C16H17BrClN. The Morgan fingerprint density at radius 3 is 2.11 bits per heavy atom. The summed E-state index contributed by atoms with van der Waals surface area (Å²) in [6.45, 7) is 6.40. The second kappa shape index (κ2) is 5.98. The molecule has 1 nitrogen and oxygen atoms in total. The molecule has 3 heteroatoms. The van der Waals surface area contributed by atoms with Gasteiger partial charge in [-0.05, 0) is 61.7 Å². The fraction of sp³-hybridized carbons (Fsp3) is 0.250. The summed E-state index contributed by atoms with van der Waals surface area (Å²) >= 11 is 9.44. The largest absolute Gasteiger partial charge is 0.378 e. The number of rotatable bonds is 3. The molecule has 0 saturated carbocycles. The predicted octanol–water partition coefficient (Wildman–Crippen LogP) is 5.89. The first-order chi connectivity index (χ1) is 8.97. The molecule has 2 rings (SSSR count). The van der Waals surface area contributed by atoms with Gasteiger partial charge >= 0.3 is 0 Å². The Morgan fingerprint density at radius 1 is 1.05 bits per heavy atom. The molecule has 0 aliphatic rings. The Labute approximate surface area is 128 Å². The summed E-state index contributed by atoms with van der Waals surface area (Å²) in [4.78, 5) is 0. The number of halogens is 2. The van der Waals surface area contributed by atoms with E-state index in [1.807, 2.05) is 12.1 Å².